The van der Waals surface area contributed by atoms with E-state index in [0.717, 1.165) is 25.4 Å². The second kappa shape index (κ2) is 10.7. The topological polar surface area (TPSA) is 31.2 Å². The molecular formula is C16H34N4. The molecular weight excluding hydrogens is 248 g/mol. The van der Waals surface area contributed by atoms with E-state index in [-0.39, 0.29) is 0 Å². The van der Waals surface area contributed by atoms with E-state index in [1.165, 1.54) is 6.42 Å². The van der Waals surface area contributed by atoms with Crippen LogP contribution in [-0.2, 0) is 0 Å². The molecule has 0 aromatic rings. The van der Waals surface area contributed by atoms with Gasteiger partial charge in [-0.3, -0.25) is 4.99 Å². The molecule has 0 bridgehead atoms. The molecule has 0 amide bonds. The fourth-order valence-corrected chi connectivity index (χ4v) is 1.86. The maximum atomic E-state index is 4.55. The third-order valence-corrected chi connectivity index (χ3v) is 3.45. The summed E-state index contributed by atoms with van der Waals surface area (Å²) in [5.41, 5.74) is 0. The minimum absolute atomic E-state index is 0.459. The molecule has 0 aliphatic rings. The van der Waals surface area contributed by atoms with Crippen molar-refractivity contribution in [2.45, 2.75) is 40.5 Å². The highest BCUT2D eigenvalue weighted by atomic mass is 15.4. The zero-order valence-corrected chi connectivity index (χ0v) is 14.5. The monoisotopic (exact) mass is 282 g/mol. The zero-order valence-electron chi connectivity index (χ0n) is 14.5. The molecule has 0 N–H and O–H groups in total. The van der Waals surface area contributed by atoms with Crippen molar-refractivity contribution in [3.63, 3.8) is 0 Å². The first-order chi connectivity index (χ1) is 9.36. The van der Waals surface area contributed by atoms with Crippen LogP contribution in [0, 0.1) is 17.8 Å². The van der Waals surface area contributed by atoms with Gasteiger partial charge in [-0.2, -0.15) is 5.10 Å². The molecule has 1 unspecified atom stereocenters. The largest absolute Gasteiger partial charge is 0.369 e. The number of nitrogens with zero attached hydrogens (tertiary/aromatic N) is 4. The van der Waals surface area contributed by atoms with Crippen LogP contribution >= 0.6 is 0 Å². The zero-order chi connectivity index (χ0) is 15.5. The van der Waals surface area contributed by atoms with Crippen molar-refractivity contribution in [3.05, 3.63) is 0 Å². The number of hydrogen-bond donors (Lipinski definition) is 0. The van der Waals surface area contributed by atoms with Gasteiger partial charge in [0.1, 0.15) is 0 Å². The number of hydrazone groups is 1. The van der Waals surface area contributed by atoms with Crippen LogP contribution in [0.15, 0.2) is 10.1 Å². The van der Waals surface area contributed by atoms with Crippen LogP contribution in [0.1, 0.15) is 40.5 Å². The first kappa shape index (κ1) is 18.9. The smallest absolute Gasteiger partial charge is 0.0844 e. The molecule has 0 saturated heterocycles. The lowest BCUT2D eigenvalue weighted by molar-refractivity contribution is 0.323. The molecule has 0 saturated carbocycles. The van der Waals surface area contributed by atoms with Crippen LogP contribution in [0.3, 0.4) is 0 Å². The van der Waals surface area contributed by atoms with Gasteiger partial charge in [-0.05, 0) is 24.2 Å². The summed E-state index contributed by atoms with van der Waals surface area (Å²) in [5.74, 6) is 1.75. The van der Waals surface area contributed by atoms with E-state index in [4.69, 9.17) is 0 Å². The van der Waals surface area contributed by atoms with E-state index in [1.54, 1.807) is 0 Å². The maximum Gasteiger partial charge on any atom is 0.0844 e. The van der Waals surface area contributed by atoms with Gasteiger partial charge in [0.2, 0.25) is 0 Å². The summed E-state index contributed by atoms with van der Waals surface area (Å²) in [6.07, 6.45) is 6.29. The molecule has 0 aliphatic carbocycles. The van der Waals surface area contributed by atoms with Crippen LogP contribution in [0.2, 0.25) is 0 Å². The van der Waals surface area contributed by atoms with Gasteiger partial charge < -0.3 is 9.91 Å². The standard InChI is InChI=1S/C16H34N4/c1-8-16(12-17-13-19(5)6)15(4)11-18-20(7)10-9-14(2)3/h11,13-16H,8-10,12H2,1-7H3/b17-13-,18-11-/t15?,16-/m0/s1. The van der Waals surface area contributed by atoms with Crippen LogP contribution < -0.4 is 0 Å². The molecule has 4 nitrogen and oxygen atoms in total. The quantitative estimate of drug-likeness (QED) is 0.350. The van der Waals surface area contributed by atoms with E-state index < -0.39 is 0 Å². The van der Waals surface area contributed by atoms with E-state index >= 15 is 0 Å². The third kappa shape index (κ3) is 9.82. The third-order valence-electron chi connectivity index (χ3n) is 3.45. The van der Waals surface area contributed by atoms with Crippen LogP contribution in [0.4, 0.5) is 0 Å². The molecule has 0 fully saturated rings. The lowest BCUT2D eigenvalue weighted by Gasteiger charge is -2.19. The SMILES string of the molecule is CC[C@@H](C/N=C\N(C)C)C(C)/C=N\N(C)CCC(C)C. The van der Waals surface area contributed by atoms with Crippen molar-refractivity contribution < 1.29 is 0 Å². The average molecular weight is 282 g/mol. The second-order valence-corrected chi connectivity index (χ2v) is 6.30. The Kier molecular flexibility index (Phi) is 10.1. The summed E-state index contributed by atoms with van der Waals surface area (Å²) < 4.78 is 0. The van der Waals surface area contributed by atoms with Crippen LogP contribution in [0.5, 0.6) is 0 Å². The summed E-state index contributed by atoms with van der Waals surface area (Å²) in [6, 6.07) is 0. The van der Waals surface area contributed by atoms with Crippen molar-refractivity contribution in [3.8, 4) is 0 Å². The van der Waals surface area contributed by atoms with Gasteiger partial charge in [0.15, 0.2) is 0 Å². The molecule has 4 heteroatoms. The van der Waals surface area contributed by atoms with Crippen molar-refractivity contribution in [2.75, 3.05) is 34.2 Å². The van der Waals surface area contributed by atoms with Crippen molar-refractivity contribution >= 4 is 12.6 Å². The van der Waals surface area contributed by atoms with Gasteiger partial charge in [0.05, 0.1) is 6.34 Å². The Morgan fingerprint density at radius 1 is 1.10 bits per heavy atom. The summed E-state index contributed by atoms with van der Waals surface area (Å²) >= 11 is 0. The molecule has 0 rings (SSSR count). The summed E-state index contributed by atoms with van der Waals surface area (Å²) in [5, 5.41) is 6.60. The Hall–Kier alpha value is -1.06. The molecule has 0 heterocycles. The summed E-state index contributed by atoms with van der Waals surface area (Å²) in [7, 11) is 6.05. The molecule has 0 aromatic heterocycles. The minimum Gasteiger partial charge on any atom is -0.369 e. The lowest BCUT2D eigenvalue weighted by Crippen LogP contribution is -2.20. The Bertz CT molecular complexity index is 284. The number of aliphatic imine (C=N–C) groups is 1. The Morgan fingerprint density at radius 2 is 1.75 bits per heavy atom. The average Bonchev–Trinajstić information content (AvgIpc) is 2.38. The van der Waals surface area contributed by atoms with Crippen molar-refractivity contribution in [2.24, 2.45) is 27.8 Å². The lowest BCUT2D eigenvalue weighted by atomic mass is 9.93. The molecule has 2 atom stereocenters. The van der Waals surface area contributed by atoms with E-state index in [1.807, 2.05) is 30.3 Å². The van der Waals surface area contributed by atoms with Gasteiger partial charge in [-0.15, -0.1) is 0 Å². The molecule has 20 heavy (non-hydrogen) atoms. The van der Waals surface area contributed by atoms with Gasteiger partial charge in [0.25, 0.3) is 0 Å². The molecule has 118 valence electrons. The first-order valence-corrected chi connectivity index (χ1v) is 7.78. The van der Waals surface area contributed by atoms with Crippen molar-refractivity contribution in [1.29, 1.82) is 0 Å². The first-order valence-electron chi connectivity index (χ1n) is 7.78. The van der Waals surface area contributed by atoms with Gasteiger partial charge in [-0.25, -0.2) is 0 Å². The fraction of sp³-hybridized carbons (Fsp3) is 0.875. The highest BCUT2D eigenvalue weighted by Gasteiger charge is 2.13. The van der Waals surface area contributed by atoms with Crippen LogP contribution in [-0.4, -0.2) is 56.7 Å². The number of hydrogen-bond acceptors (Lipinski definition) is 3. The van der Waals surface area contributed by atoms with E-state index in [9.17, 15) is 0 Å². The maximum absolute atomic E-state index is 4.55. The Labute approximate surface area is 125 Å². The number of rotatable bonds is 10. The predicted octanol–water partition coefficient (Wildman–Crippen LogP) is 3.20. The minimum atomic E-state index is 0.459. The van der Waals surface area contributed by atoms with Gasteiger partial charge in [-0.1, -0.05) is 34.1 Å². The second-order valence-electron chi connectivity index (χ2n) is 6.30. The van der Waals surface area contributed by atoms with Gasteiger partial charge in [0, 0.05) is 40.4 Å². The molecule has 0 spiro atoms. The highest BCUT2D eigenvalue weighted by molar-refractivity contribution is 5.60. The van der Waals surface area contributed by atoms with E-state index in [2.05, 4.69) is 51.1 Å². The normalized spacial score (nSPS) is 15.2. The molecule has 0 aromatic carbocycles. The predicted molar refractivity (Wildman–Crippen MR) is 90.6 cm³/mol. The summed E-state index contributed by atoms with van der Waals surface area (Å²) in [6.45, 7) is 10.8. The van der Waals surface area contributed by atoms with E-state index in [0.29, 0.717) is 11.8 Å². The Balaban J connectivity index is 4.21. The Morgan fingerprint density at radius 3 is 2.25 bits per heavy atom. The van der Waals surface area contributed by atoms with Gasteiger partial charge >= 0.3 is 0 Å². The fourth-order valence-electron chi connectivity index (χ4n) is 1.86. The van der Waals surface area contributed by atoms with Crippen molar-refractivity contribution in [1.82, 2.24) is 9.91 Å². The van der Waals surface area contributed by atoms with Crippen LogP contribution in [0.25, 0.3) is 0 Å². The summed E-state index contributed by atoms with van der Waals surface area (Å²) in [4.78, 5) is 6.45. The molecule has 0 radical (unpaired) electrons. The molecule has 0 aliphatic heterocycles. The highest BCUT2D eigenvalue weighted by Crippen LogP contribution is 2.14.